The van der Waals surface area contributed by atoms with E-state index in [1.54, 1.807) is 0 Å². The molecule has 1 aliphatic rings. The highest BCUT2D eigenvalue weighted by Crippen LogP contribution is 2.24. The zero-order valence-corrected chi connectivity index (χ0v) is 12.3. The first-order valence-corrected chi connectivity index (χ1v) is 7.20. The normalized spacial score (nSPS) is 19.7. The summed E-state index contributed by atoms with van der Waals surface area (Å²) in [6.07, 6.45) is -2.45. The van der Waals surface area contributed by atoms with Crippen molar-refractivity contribution in [3.8, 4) is 5.75 Å². The van der Waals surface area contributed by atoms with Crippen LogP contribution < -0.4 is 10.1 Å². The van der Waals surface area contributed by atoms with Crippen molar-refractivity contribution < 1.29 is 22.7 Å². The molecule has 2 rings (SSSR count). The van der Waals surface area contributed by atoms with E-state index >= 15 is 0 Å². The minimum atomic E-state index is -4.71. The van der Waals surface area contributed by atoms with Crippen LogP contribution in [0.25, 0.3) is 0 Å². The number of carbonyl (C=O) groups excluding carboxylic acids is 1. The molecule has 0 aromatic heterocycles. The topological polar surface area (TPSA) is 41.6 Å². The maximum atomic E-state index is 12.0. The van der Waals surface area contributed by atoms with Crippen molar-refractivity contribution in [2.24, 2.45) is 5.92 Å². The van der Waals surface area contributed by atoms with Crippen LogP contribution in [0.4, 0.5) is 18.9 Å². The Hall–Kier alpha value is -1.76. The van der Waals surface area contributed by atoms with Crippen LogP contribution in [0.5, 0.6) is 5.75 Å². The summed E-state index contributed by atoms with van der Waals surface area (Å²) >= 11 is 0. The molecule has 0 spiro atoms. The van der Waals surface area contributed by atoms with E-state index in [1.807, 2.05) is 0 Å². The van der Waals surface area contributed by atoms with E-state index in [2.05, 4.69) is 21.9 Å². The number of carbonyl (C=O) groups is 1. The van der Waals surface area contributed by atoms with Crippen molar-refractivity contribution >= 4 is 11.6 Å². The number of rotatable bonds is 4. The predicted octanol–water partition coefficient (Wildman–Crippen LogP) is 3.26. The van der Waals surface area contributed by atoms with E-state index < -0.39 is 6.36 Å². The lowest BCUT2D eigenvalue weighted by Crippen LogP contribution is -2.39. The summed E-state index contributed by atoms with van der Waals surface area (Å²) in [5.74, 6) is 0.106. The van der Waals surface area contributed by atoms with Gasteiger partial charge in [-0.25, -0.2) is 0 Å². The third kappa shape index (κ3) is 5.55. The second-order valence-electron chi connectivity index (χ2n) is 5.60. The van der Waals surface area contributed by atoms with E-state index in [-0.39, 0.29) is 11.7 Å². The van der Waals surface area contributed by atoms with Crippen LogP contribution >= 0.6 is 0 Å². The van der Waals surface area contributed by atoms with Gasteiger partial charge in [0.25, 0.3) is 0 Å². The minimum Gasteiger partial charge on any atom is -0.406 e. The molecule has 0 radical (unpaired) electrons. The van der Waals surface area contributed by atoms with Gasteiger partial charge in [0.15, 0.2) is 0 Å². The lowest BCUT2D eigenvalue weighted by molar-refractivity contribution is -0.274. The Labute approximate surface area is 127 Å². The van der Waals surface area contributed by atoms with E-state index in [4.69, 9.17) is 0 Å². The molecule has 0 bridgehead atoms. The average molecular weight is 316 g/mol. The molecular weight excluding hydrogens is 297 g/mol. The molecule has 4 nitrogen and oxygen atoms in total. The first-order valence-electron chi connectivity index (χ1n) is 7.20. The van der Waals surface area contributed by atoms with Gasteiger partial charge in [-0.2, -0.15) is 0 Å². The maximum absolute atomic E-state index is 12.0. The van der Waals surface area contributed by atoms with Gasteiger partial charge in [0.2, 0.25) is 5.91 Å². The second-order valence-corrected chi connectivity index (χ2v) is 5.60. The van der Waals surface area contributed by atoms with Crippen LogP contribution in [-0.2, 0) is 4.79 Å². The number of benzene rings is 1. The molecule has 0 unspecified atom stereocenters. The number of hydrogen-bond acceptors (Lipinski definition) is 3. The van der Waals surface area contributed by atoms with Crippen LogP contribution in [0.1, 0.15) is 19.8 Å². The number of nitrogens with one attached hydrogen (secondary N) is 1. The van der Waals surface area contributed by atoms with Crippen LogP contribution in [0.3, 0.4) is 0 Å². The van der Waals surface area contributed by atoms with Gasteiger partial charge < -0.3 is 10.1 Å². The zero-order valence-electron chi connectivity index (χ0n) is 12.3. The van der Waals surface area contributed by atoms with Gasteiger partial charge in [0, 0.05) is 12.2 Å². The third-order valence-corrected chi connectivity index (χ3v) is 3.48. The monoisotopic (exact) mass is 316 g/mol. The first-order chi connectivity index (χ1) is 10.3. The average Bonchev–Trinajstić information content (AvgIpc) is 2.39. The highest BCUT2D eigenvalue weighted by atomic mass is 19.4. The van der Waals surface area contributed by atoms with Crippen LogP contribution in [0.15, 0.2) is 24.3 Å². The SMILES string of the molecule is C[C@H]1CCCN(CC(=O)Nc2ccc(OC(F)(F)F)cc2)C1. The van der Waals surface area contributed by atoms with E-state index in [0.29, 0.717) is 18.2 Å². The molecule has 1 amide bonds. The lowest BCUT2D eigenvalue weighted by atomic mass is 10.0. The largest absolute Gasteiger partial charge is 0.573 e. The molecule has 1 fully saturated rings. The van der Waals surface area contributed by atoms with Gasteiger partial charge in [-0.15, -0.1) is 13.2 Å². The summed E-state index contributed by atoms with van der Waals surface area (Å²) in [6, 6.07) is 5.12. The predicted molar refractivity (Wildman–Crippen MR) is 76.6 cm³/mol. The quantitative estimate of drug-likeness (QED) is 0.927. The molecule has 1 heterocycles. The fourth-order valence-electron chi connectivity index (χ4n) is 2.57. The molecule has 22 heavy (non-hydrogen) atoms. The molecule has 1 aromatic rings. The number of alkyl halides is 3. The van der Waals surface area contributed by atoms with Gasteiger partial charge in [-0.05, 0) is 49.6 Å². The molecule has 7 heteroatoms. The van der Waals surface area contributed by atoms with Crippen LogP contribution in [0.2, 0.25) is 0 Å². The zero-order chi connectivity index (χ0) is 16.2. The number of anilines is 1. The number of amides is 1. The number of piperidine rings is 1. The highest BCUT2D eigenvalue weighted by Gasteiger charge is 2.31. The third-order valence-electron chi connectivity index (χ3n) is 3.48. The van der Waals surface area contributed by atoms with Crippen molar-refractivity contribution in [1.82, 2.24) is 4.90 Å². The van der Waals surface area contributed by atoms with Crippen molar-refractivity contribution in [3.63, 3.8) is 0 Å². The summed E-state index contributed by atoms with van der Waals surface area (Å²) in [4.78, 5) is 14.0. The van der Waals surface area contributed by atoms with Crippen molar-refractivity contribution in [1.29, 1.82) is 0 Å². The Balaban J connectivity index is 1.83. The number of ether oxygens (including phenoxy) is 1. The summed E-state index contributed by atoms with van der Waals surface area (Å²) in [7, 11) is 0. The number of likely N-dealkylation sites (tertiary alicyclic amines) is 1. The minimum absolute atomic E-state index is 0.168. The van der Waals surface area contributed by atoms with E-state index in [9.17, 15) is 18.0 Å². The Morgan fingerprint density at radius 1 is 1.36 bits per heavy atom. The van der Waals surface area contributed by atoms with E-state index in [0.717, 1.165) is 19.5 Å². The molecule has 1 atom stereocenters. The number of hydrogen-bond donors (Lipinski definition) is 1. The fraction of sp³-hybridized carbons (Fsp3) is 0.533. The molecule has 1 aliphatic heterocycles. The highest BCUT2D eigenvalue weighted by molar-refractivity contribution is 5.92. The molecule has 1 N–H and O–H groups in total. The number of halogens is 3. The van der Waals surface area contributed by atoms with Gasteiger partial charge in [0.05, 0.1) is 6.54 Å². The summed E-state index contributed by atoms with van der Waals surface area (Å²) < 4.78 is 39.9. The molecule has 1 saturated heterocycles. The first kappa shape index (κ1) is 16.6. The van der Waals surface area contributed by atoms with Crippen LogP contribution in [-0.4, -0.2) is 36.8 Å². The Kier molecular flexibility index (Phi) is 5.28. The molecule has 0 saturated carbocycles. The summed E-state index contributed by atoms with van der Waals surface area (Å²) in [5, 5.41) is 2.68. The number of nitrogens with zero attached hydrogens (tertiary/aromatic N) is 1. The fourth-order valence-corrected chi connectivity index (χ4v) is 2.57. The Morgan fingerprint density at radius 2 is 2.05 bits per heavy atom. The Morgan fingerprint density at radius 3 is 2.64 bits per heavy atom. The lowest BCUT2D eigenvalue weighted by Gasteiger charge is -2.30. The second kappa shape index (κ2) is 7.00. The standard InChI is InChI=1S/C15H19F3N2O2/c1-11-3-2-8-20(9-11)10-14(21)19-12-4-6-13(7-5-12)22-15(16,17)18/h4-7,11H,2-3,8-10H2,1H3,(H,19,21)/t11-/m0/s1. The van der Waals surface area contributed by atoms with Gasteiger partial charge >= 0.3 is 6.36 Å². The van der Waals surface area contributed by atoms with Crippen LogP contribution in [0, 0.1) is 5.92 Å². The van der Waals surface area contributed by atoms with Crippen molar-refractivity contribution in [2.75, 3.05) is 25.0 Å². The molecule has 0 aliphatic carbocycles. The van der Waals surface area contributed by atoms with Gasteiger partial charge in [0.1, 0.15) is 5.75 Å². The molecule has 122 valence electrons. The van der Waals surface area contributed by atoms with E-state index in [1.165, 1.54) is 30.7 Å². The van der Waals surface area contributed by atoms with Gasteiger partial charge in [-0.3, -0.25) is 9.69 Å². The summed E-state index contributed by atoms with van der Waals surface area (Å²) in [6.45, 7) is 4.25. The summed E-state index contributed by atoms with van der Waals surface area (Å²) in [5.41, 5.74) is 0.449. The van der Waals surface area contributed by atoms with Crippen molar-refractivity contribution in [3.05, 3.63) is 24.3 Å². The molecular formula is C15H19F3N2O2. The molecule has 1 aromatic carbocycles. The Bertz CT molecular complexity index is 503. The maximum Gasteiger partial charge on any atom is 0.573 e. The smallest absolute Gasteiger partial charge is 0.406 e. The van der Waals surface area contributed by atoms with Crippen molar-refractivity contribution in [2.45, 2.75) is 26.1 Å². The van der Waals surface area contributed by atoms with Gasteiger partial charge in [-0.1, -0.05) is 6.92 Å².